The highest BCUT2D eigenvalue weighted by atomic mass is 79.9. The normalized spacial score (nSPS) is 17.6. The lowest BCUT2D eigenvalue weighted by molar-refractivity contribution is 0.190. The Hall–Kier alpha value is -0.0900. The fourth-order valence-corrected chi connectivity index (χ4v) is 3.88. The van der Waals surface area contributed by atoms with E-state index in [0.717, 1.165) is 35.6 Å². The molecule has 1 N–H and O–H groups in total. The summed E-state index contributed by atoms with van der Waals surface area (Å²) < 4.78 is 6.15. The quantitative estimate of drug-likeness (QED) is 0.726. The van der Waals surface area contributed by atoms with Crippen LogP contribution in [0.1, 0.15) is 31.2 Å². The van der Waals surface area contributed by atoms with Gasteiger partial charge in [0.05, 0.1) is 6.61 Å². The van der Waals surface area contributed by atoms with Crippen LogP contribution in [0.4, 0.5) is 0 Å². The highest BCUT2D eigenvalue weighted by molar-refractivity contribution is 9.10. The molecular weight excluding hydrogens is 338 g/mol. The van der Waals surface area contributed by atoms with Crippen molar-refractivity contribution in [1.82, 2.24) is 5.32 Å². The van der Waals surface area contributed by atoms with Gasteiger partial charge in [-0.1, -0.05) is 46.4 Å². The number of hydrogen-bond donors (Lipinski definition) is 1. The monoisotopic (exact) mass is 359 g/mol. The van der Waals surface area contributed by atoms with Gasteiger partial charge in [-0.2, -0.15) is 0 Å². The predicted octanol–water partition coefficient (Wildman–Crippen LogP) is 4.44. The molecule has 0 amide bonds. The summed E-state index contributed by atoms with van der Waals surface area (Å²) in [6, 6.07) is 6.24. The van der Waals surface area contributed by atoms with E-state index in [-0.39, 0.29) is 0 Å². The first-order valence-corrected chi connectivity index (χ1v) is 8.46. The van der Waals surface area contributed by atoms with Crippen molar-refractivity contribution in [2.45, 2.75) is 32.1 Å². The second-order valence-electron chi connectivity index (χ2n) is 5.79. The van der Waals surface area contributed by atoms with Crippen LogP contribution in [0.2, 0.25) is 5.02 Å². The van der Waals surface area contributed by atoms with Gasteiger partial charge in [-0.25, -0.2) is 0 Å². The molecule has 0 atom stereocenters. The third-order valence-electron chi connectivity index (χ3n) is 4.23. The van der Waals surface area contributed by atoms with Crippen LogP contribution < -0.4 is 5.32 Å². The zero-order valence-electron chi connectivity index (χ0n) is 12.1. The van der Waals surface area contributed by atoms with Gasteiger partial charge in [0.25, 0.3) is 0 Å². The van der Waals surface area contributed by atoms with Crippen LogP contribution in [0.3, 0.4) is 0 Å². The molecule has 1 aromatic carbocycles. The zero-order chi connectivity index (χ0) is 14.4. The molecule has 0 aromatic heterocycles. The van der Waals surface area contributed by atoms with Gasteiger partial charge in [0.1, 0.15) is 0 Å². The third-order valence-corrected chi connectivity index (χ3v) is 5.07. The number of benzene rings is 1. The van der Waals surface area contributed by atoms with E-state index in [1.165, 1.54) is 31.2 Å². The molecule has 2 rings (SSSR count). The van der Waals surface area contributed by atoms with Crippen molar-refractivity contribution in [3.8, 4) is 0 Å². The average molecular weight is 361 g/mol. The van der Waals surface area contributed by atoms with Gasteiger partial charge in [-0.15, -0.1) is 0 Å². The molecule has 0 spiro atoms. The summed E-state index contributed by atoms with van der Waals surface area (Å²) >= 11 is 9.85. The predicted molar refractivity (Wildman–Crippen MR) is 88.5 cm³/mol. The molecule has 0 aliphatic heterocycles. The number of ether oxygens (including phenoxy) is 1. The number of hydrogen-bond acceptors (Lipinski definition) is 2. The Morgan fingerprint density at radius 3 is 2.75 bits per heavy atom. The fraction of sp³-hybridized carbons (Fsp3) is 0.625. The molecule has 0 radical (unpaired) electrons. The van der Waals surface area contributed by atoms with Gasteiger partial charge in [0.2, 0.25) is 0 Å². The van der Waals surface area contributed by atoms with E-state index >= 15 is 0 Å². The lowest BCUT2D eigenvalue weighted by atomic mass is 9.80. The number of methoxy groups -OCH3 is 1. The molecule has 1 aliphatic rings. The van der Waals surface area contributed by atoms with Crippen LogP contribution >= 0.6 is 27.5 Å². The first-order chi connectivity index (χ1) is 9.65. The smallest absolute Gasteiger partial charge is 0.0587 e. The molecule has 1 fully saturated rings. The van der Waals surface area contributed by atoms with E-state index in [1.54, 1.807) is 7.11 Å². The molecule has 1 aromatic rings. The Balaban J connectivity index is 2.01. The highest BCUT2D eigenvalue weighted by Gasteiger charge is 2.34. The van der Waals surface area contributed by atoms with Crippen molar-refractivity contribution in [3.63, 3.8) is 0 Å². The van der Waals surface area contributed by atoms with Gasteiger partial charge >= 0.3 is 0 Å². The minimum atomic E-state index is 0.366. The maximum atomic E-state index is 6.38. The van der Waals surface area contributed by atoms with Crippen molar-refractivity contribution in [3.05, 3.63) is 33.3 Å². The van der Waals surface area contributed by atoms with Gasteiger partial charge in [-0.05, 0) is 42.4 Å². The van der Waals surface area contributed by atoms with Crippen LogP contribution in [0.15, 0.2) is 22.7 Å². The second kappa shape index (κ2) is 7.79. The highest BCUT2D eigenvalue weighted by Crippen LogP contribution is 2.41. The Labute approximate surface area is 135 Å². The van der Waals surface area contributed by atoms with Crippen molar-refractivity contribution in [1.29, 1.82) is 0 Å². The maximum Gasteiger partial charge on any atom is 0.0587 e. The molecular formula is C16H23BrClNO. The molecule has 1 aliphatic carbocycles. The van der Waals surface area contributed by atoms with Gasteiger partial charge in [0, 0.05) is 29.7 Å². The lowest BCUT2D eigenvalue weighted by Gasteiger charge is -2.30. The molecule has 0 heterocycles. The minimum absolute atomic E-state index is 0.366. The summed E-state index contributed by atoms with van der Waals surface area (Å²) in [7, 11) is 1.74. The first-order valence-electron chi connectivity index (χ1n) is 7.29. The van der Waals surface area contributed by atoms with Crippen LogP contribution in [-0.2, 0) is 11.2 Å². The molecule has 2 nitrogen and oxygen atoms in total. The molecule has 20 heavy (non-hydrogen) atoms. The van der Waals surface area contributed by atoms with Crippen LogP contribution in [0, 0.1) is 5.41 Å². The summed E-state index contributed by atoms with van der Waals surface area (Å²) in [5.41, 5.74) is 1.64. The molecule has 0 saturated heterocycles. The zero-order valence-corrected chi connectivity index (χ0v) is 14.4. The summed E-state index contributed by atoms with van der Waals surface area (Å²) in [5.74, 6) is 0. The summed E-state index contributed by atoms with van der Waals surface area (Å²) in [6.07, 6.45) is 6.32. The maximum absolute atomic E-state index is 6.38. The van der Waals surface area contributed by atoms with Crippen molar-refractivity contribution in [2.24, 2.45) is 5.41 Å². The van der Waals surface area contributed by atoms with E-state index < -0.39 is 0 Å². The van der Waals surface area contributed by atoms with E-state index in [9.17, 15) is 0 Å². The summed E-state index contributed by atoms with van der Waals surface area (Å²) in [5, 5.41) is 4.42. The molecule has 4 heteroatoms. The van der Waals surface area contributed by atoms with Crippen LogP contribution in [0.25, 0.3) is 0 Å². The average Bonchev–Trinajstić information content (AvgIpc) is 2.87. The van der Waals surface area contributed by atoms with E-state index in [2.05, 4.69) is 33.4 Å². The Bertz CT molecular complexity index is 432. The fourth-order valence-electron chi connectivity index (χ4n) is 3.14. The third kappa shape index (κ3) is 4.45. The van der Waals surface area contributed by atoms with Gasteiger partial charge in [-0.3, -0.25) is 0 Å². The standard InChI is InChI=1S/C16H23BrClNO/c1-20-9-8-19-12-16(6-2-3-7-16)11-13-4-5-14(17)10-15(13)18/h4-5,10,19H,2-3,6-9,11-12H2,1H3. The summed E-state index contributed by atoms with van der Waals surface area (Å²) in [6.45, 7) is 2.75. The molecule has 1 saturated carbocycles. The number of rotatable bonds is 7. The summed E-state index contributed by atoms with van der Waals surface area (Å²) in [4.78, 5) is 0. The van der Waals surface area contributed by atoms with E-state index in [0.29, 0.717) is 5.41 Å². The van der Waals surface area contributed by atoms with Crippen LogP contribution in [0.5, 0.6) is 0 Å². The number of nitrogens with one attached hydrogen (secondary N) is 1. The topological polar surface area (TPSA) is 21.3 Å². The van der Waals surface area contributed by atoms with Crippen molar-refractivity contribution in [2.75, 3.05) is 26.8 Å². The van der Waals surface area contributed by atoms with Gasteiger partial charge in [0.15, 0.2) is 0 Å². The number of halogens is 2. The molecule has 112 valence electrons. The lowest BCUT2D eigenvalue weighted by Crippen LogP contribution is -2.35. The Morgan fingerprint density at radius 1 is 1.35 bits per heavy atom. The first kappa shape index (κ1) is 16.3. The Kier molecular flexibility index (Phi) is 6.34. The SMILES string of the molecule is COCCNCC1(Cc2ccc(Br)cc2Cl)CCCC1. The molecule has 0 bridgehead atoms. The molecule has 0 unspecified atom stereocenters. The van der Waals surface area contributed by atoms with E-state index in [1.807, 2.05) is 6.07 Å². The van der Waals surface area contributed by atoms with Crippen molar-refractivity contribution >= 4 is 27.5 Å². The largest absolute Gasteiger partial charge is 0.383 e. The van der Waals surface area contributed by atoms with Crippen LogP contribution in [-0.4, -0.2) is 26.8 Å². The second-order valence-corrected chi connectivity index (χ2v) is 7.11. The Morgan fingerprint density at radius 2 is 2.10 bits per heavy atom. The minimum Gasteiger partial charge on any atom is -0.383 e. The van der Waals surface area contributed by atoms with Crippen molar-refractivity contribution < 1.29 is 4.74 Å². The van der Waals surface area contributed by atoms with E-state index in [4.69, 9.17) is 16.3 Å². The van der Waals surface area contributed by atoms with Gasteiger partial charge < -0.3 is 10.1 Å².